The fourth-order valence-electron chi connectivity index (χ4n) is 1.25. The minimum absolute atomic E-state index is 0.0704. The van der Waals surface area contributed by atoms with Crippen molar-refractivity contribution >= 4 is 0 Å². The van der Waals surface area contributed by atoms with Crippen molar-refractivity contribution in [2.24, 2.45) is 0 Å². The van der Waals surface area contributed by atoms with E-state index in [9.17, 15) is 0 Å². The van der Waals surface area contributed by atoms with E-state index in [1.807, 2.05) is 32.3 Å². The highest BCUT2D eigenvalue weighted by Crippen LogP contribution is 2.21. The highest BCUT2D eigenvalue weighted by molar-refractivity contribution is 5.20. The predicted molar refractivity (Wildman–Crippen MR) is 67.0 cm³/mol. The number of hydrogen-bond acceptors (Lipinski definition) is 3. The molecule has 1 aromatic heterocycles. The number of pyridine rings is 1. The molecule has 0 aromatic carbocycles. The van der Waals surface area contributed by atoms with E-state index >= 15 is 0 Å². The molecule has 0 N–H and O–H groups in total. The number of aromatic nitrogens is 1. The summed E-state index contributed by atoms with van der Waals surface area (Å²) in [5.74, 6) is 0.717. The molecule has 0 saturated heterocycles. The first-order valence-electron chi connectivity index (χ1n) is 5.64. The largest absolute Gasteiger partial charge is 0.476 e. The number of nitrogens with zero attached hydrogens (tertiary/aromatic N) is 2. The molecule has 0 aliphatic carbocycles. The van der Waals surface area contributed by atoms with Gasteiger partial charge in [-0.1, -0.05) is 26.8 Å². The summed E-state index contributed by atoms with van der Waals surface area (Å²) in [6.07, 6.45) is 0. The van der Waals surface area contributed by atoms with Crippen LogP contribution in [-0.4, -0.2) is 37.1 Å². The van der Waals surface area contributed by atoms with Crippen LogP contribution in [0.4, 0.5) is 0 Å². The summed E-state index contributed by atoms with van der Waals surface area (Å²) in [4.78, 5) is 6.59. The van der Waals surface area contributed by atoms with Crippen LogP contribution in [0, 0.1) is 0 Å². The molecule has 0 saturated carbocycles. The van der Waals surface area contributed by atoms with E-state index in [2.05, 4.69) is 30.7 Å². The van der Waals surface area contributed by atoms with Crippen molar-refractivity contribution in [2.45, 2.75) is 26.2 Å². The summed E-state index contributed by atoms with van der Waals surface area (Å²) < 4.78 is 5.60. The van der Waals surface area contributed by atoms with Gasteiger partial charge in [0.25, 0.3) is 0 Å². The van der Waals surface area contributed by atoms with Crippen LogP contribution in [0.3, 0.4) is 0 Å². The molecule has 0 amide bonds. The Morgan fingerprint density at radius 1 is 1.25 bits per heavy atom. The third-order valence-electron chi connectivity index (χ3n) is 2.28. The maximum absolute atomic E-state index is 5.60. The fraction of sp³-hybridized carbons (Fsp3) is 0.615. The minimum atomic E-state index is 0.0704. The highest BCUT2D eigenvalue weighted by Gasteiger charge is 2.15. The van der Waals surface area contributed by atoms with Crippen molar-refractivity contribution in [2.75, 3.05) is 27.2 Å². The lowest BCUT2D eigenvalue weighted by Gasteiger charge is -2.18. The number of rotatable bonds is 4. The zero-order valence-corrected chi connectivity index (χ0v) is 10.9. The molecule has 90 valence electrons. The average Bonchev–Trinajstić information content (AvgIpc) is 2.16. The lowest BCUT2D eigenvalue weighted by Crippen LogP contribution is -2.20. The van der Waals surface area contributed by atoms with Crippen LogP contribution in [-0.2, 0) is 5.41 Å². The van der Waals surface area contributed by atoms with Crippen LogP contribution in [0.25, 0.3) is 0 Å². The molecule has 0 aliphatic heterocycles. The molecule has 16 heavy (non-hydrogen) atoms. The van der Waals surface area contributed by atoms with Crippen molar-refractivity contribution in [3.63, 3.8) is 0 Å². The van der Waals surface area contributed by atoms with Gasteiger partial charge in [-0.2, -0.15) is 0 Å². The maximum atomic E-state index is 5.60. The van der Waals surface area contributed by atoms with Crippen LogP contribution >= 0.6 is 0 Å². The molecule has 0 fully saturated rings. The molecule has 1 heterocycles. The number of hydrogen-bond donors (Lipinski definition) is 0. The number of ether oxygens (including phenoxy) is 1. The lowest BCUT2D eigenvalue weighted by molar-refractivity contribution is 0.252. The fourth-order valence-corrected chi connectivity index (χ4v) is 1.25. The summed E-state index contributed by atoms with van der Waals surface area (Å²) in [7, 11) is 4.06. The predicted octanol–water partition coefficient (Wildman–Crippen LogP) is 2.32. The first-order valence-corrected chi connectivity index (χ1v) is 5.64. The highest BCUT2D eigenvalue weighted by atomic mass is 16.5. The summed E-state index contributed by atoms with van der Waals surface area (Å²) in [6, 6.07) is 5.95. The van der Waals surface area contributed by atoms with Crippen LogP contribution < -0.4 is 4.74 Å². The van der Waals surface area contributed by atoms with Crippen molar-refractivity contribution in [1.82, 2.24) is 9.88 Å². The van der Waals surface area contributed by atoms with E-state index in [1.165, 1.54) is 0 Å². The molecule has 1 rings (SSSR count). The Morgan fingerprint density at radius 3 is 2.50 bits per heavy atom. The first kappa shape index (κ1) is 13.0. The Balaban J connectivity index is 2.61. The summed E-state index contributed by atoms with van der Waals surface area (Å²) >= 11 is 0. The Bertz CT molecular complexity index is 329. The molecule has 0 atom stereocenters. The van der Waals surface area contributed by atoms with Crippen molar-refractivity contribution in [3.8, 4) is 5.88 Å². The van der Waals surface area contributed by atoms with Gasteiger partial charge in [0.2, 0.25) is 5.88 Å². The molecule has 0 radical (unpaired) electrons. The molecular weight excluding hydrogens is 200 g/mol. The maximum Gasteiger partial charge on any atom is 0.213 e. The zero-order valence-electron chi connectivity index (χ0n) is 10.9. The molecule has 3 nitrogen and oxygen atoms in total. The molecule has 0 aliphatic rings. The Morgan fingerprint density at radius 2 is 1.94 bits per heavy atom. The quantitative estimate of drug-likeness (QED) is 0.781. The van der Waals surface area contributed by atoms with Crippen molar-refractivity contribution in [1.29, 1.82) is 0 Å². The Labute approximate surface area is 98.4 Å². The topological polar surface area (TPSA) is 25.4 Å². The summed E-state index contributed by atoms with van der Waals surface area (Å²) in [5, 5.41) is 0. The monoisotopic (exact) mass is 222 g/mol. The Hall–Kier alpha value is -1.09. The van der Waals surface area contributed by atoms with Crippen molar-refractivity contribution < 1.29 is 4.74 Å². The second-order valence-corrected chi connectivity index (χ2v) is 5.26. The third-order valence-corrected chi connectivity index (χ3v) is 2.28. The third kappa shape index (κ3) is 4.19. The molecule has 1 aromatic rings. The molecule has 0 bridgehead atoms. The molecule has 0 spiro atoms. The van der Waals surface area contributed by atoms with Gasteiger partial charge in [0.1, 0.15) is 6.61 Å². The van der Waals surface area contributed by atoms with Gasteiger partial charge in [0, 0.05) is 23.7 Å². The average molecular weight is 222 g/mol. The second kappa shape index (κ2) is 5.30. The van der Waals surface area contributed by atoms with Crippen LogP contribution in [0.5, 0.6) is 5.88 Å². The summed E-state index contributed by atoms with van der Waals surface area (Å²) in [6.45, 7) is 8.03. The minimum Gasteiger partial charge on any atom is -0.476 e. The van der Waals surface area contributed by atoms with E-state index in [-0.39, 0.29) is 5.41 Å². The van der Waals surface area contributed by atoms with Crippen molar-refractivity contribution in [3.05, 3.63) is 23.9 Å². The molecule has 3 heteroatoms. The first-order chi connectivity index (χ1) is 7.39. The van der Waals surface area contributed by atoms with E-state index < -0.39 is 0 Å². The van der Waals surface area contributed by atoms with Gasteiger partial charge in [-0.05, 0) is 20.2 Å². The van der Waals surface area contributed by atoms with E-state index in [0.29, 0.717) is 12.5 Å². The van der Waals surface area contributed by atoms with Crippen LogP contribution in [0.2, 0.25) is 0 Å². The second-order valence-electron chi connectivity index (χ2n) is 5.26. The smallest absolute Gasteiger partial charge is 0.213 e. The molecular formula is C13H22N2O. The Kier molecular flexibility index (Phi) is 4.30. The van der Waals surface area contributed by atoms with E-state index in [0.717, 1.165) is 12.2 Å². The van der Waals surface area contributed by atoms with E-state index in [1.54, 1.807) is 0 Å². The number of likely N-dealkylation sites (N-methyl/N-ethyl adjacent to an activating group) is 1. The molecule has 0 unspecified atom stereocenters. The van der Waals surface area contributed by atoms with Gasteiger partial charge < -0.3 is 9.64 Å². The van der Waals surface area contributed by atoms with Crippen LogP contribution in [0.1, 0.15) is 26.5 Å². The normalized spacial score (nSPS) is 11.9. The van der Waals surface area contributed by atoms with Gasteiger partial charge in [-0.25, -0.2) is 4.98 Å². The standard InChI is InChI=1S/C13H22N2O/c1-13(2,3)11-7-6-8-12(14-11)16-10-9-15(4)5/h6-8H,9-10H2,1-5H3. The van der Waals surface area contributed by atoms with Gasteiger partial charge in [0.15, 0.2) is 0 Å². The van der Waals surface area contributed by atoms with Gasteiger partial charge in [0.05, 0.1) is 0 Å². The van der Waals surface area contributed by atoms with Gasteiger partial charge in [-0.3, -0.25) is 0 Å². The van der Waals surface area contributed by atoms with Gasteiger partial charge >= 0.3 is 0 Å². The SMILES string of the molecule is CN(C)CCOc1cccc(C(C)(C)C)n1. The van der Waals surface area contributed by atoms with Gasteiger partial charge in [-0.15, -0.1) is 0 Å². The van der Waals surface area contributed by atoms with E-state index in [4.69, 9.17) is 4.74 Å². The summed E-state index contributed by atoms with van der Waals surface area (Å²) in [5.41, 5.74) is 1.14. The van der Waals surface area contributed by atoms with Crippen LogP contribution in [0.15, 0.2) is 18.2 Å². The zero-order chi connectivity index (χ0) is 12.2. The lowest BCUT2D eigenvalue weighted by atomic mass is 9.92.